The number of hydrogen-bond donors (Lipinski definition) is 1. The third-order valence-electron chi connectivity index (χ3n) is 5.03. The van der Waals surface area contributed by atoms with Crippen LogP contribution in [0.2, 0.25) is 0 Å². The highest BCUT2D eigenvalue weighted by atomic mass is 32.2. The van der Waals surface area contributed by atoms with E-state index in [-0.39, 0.29) is 6.10 Å². The molecule has 126 valence electrons. The molecule has 1 N–H and O–H groups in total. The number of carboxylic acid groups (broad SMARTS) is 1. The van der Waals surface area contributed by atoms with Gasteiger partial charge in [-0.15, -0.1) is 0 Å². The number of carbonyl (C=O) groups is 1. The Bertz CT molecular complexity index is 560. The summed E-state index contributed by atoms with van der Waals surface area (Å²) in [6, 6.07) is 5.68. The fraction of sp³-hybridized carbons (Fsp3) is 0.611. The zero-order valence-electron chi connectivity index (χ0n) is 13.5. The van der Waals surface area contributed by atoms with Crippen molar-refractivity contribution in [3.63, 3.8) is 0 Å². The van der Waals surface area contributed by atoms with E-state index < -0.39 is 11.4 Å². The summed E-state index contributed by atoms with van der Waals surface area (Å²) >= 11 is 1.96. The molecule has 0 radical (unpaired) electrons. The van der Waals surface area contributed by atoms with Crippen LogP contribution in [0.4, 0.5) is 0 Å². The van der Waals surface area contributed by atoms with E-state index in [1.54, 1.807) is 7.11 Å². The molecule has 1 aliphatic heterocycles. The Labute approximate surface area is 141 Å². The zero-order chi connectivity index (χ0) is 16.3. The Morgan fingerprint density at radius 2 is 1.96 bits per heavy atom. The number of ether oxygens (including phenoxy) is 2. The molecule has 0 atom stereocenters. The summed E-state index contributed by atoms with van der Waals surface area (Å²) in [5, 5.41) is 9.85. The number of methoxy groups -OCH3 is 1. The lowest BCUT2D eigenvalue weighted by atomic mass is 9.78. The second-order valence-electron chi connectivity index (χ2n) is 6.36. The Hall–Kier alpha value is -1.36. The molecule has 1 aromatic carbocycles. The molecule has 0 aromatic heterocycles. The predicted octanol–water partition coefficient (Wildman–Crippen LogP) is 3.87. The first kappa shape index (κ1) is 16.5. The van der Waals surface area contributed by atoms with E-state index in [0.29, 0.717) is 24.3 Å². The molecular formula is C18H24O4S. The molecule has 1 heterocycles. The van der Waals surface area contributed by atoms with Crippen molar-refractivity contribution < 1.29 is 19.4 Å². The Morgan fingerprint density at radius 3 is 2.57 bits per heavy atom. The van der Waals surface area contributed by atoms with Gasteiger partial charge in [-0.2, -0.15) is 11.8 Å². The van der Waals surface area contributed by atoms with Gasteiger partial charge in [0.15, 0.2) is 11.5 Å². The lowest BCUT2D eigenvalue weighted by molar-refractivity contribution is -0.143. The number of thioether (sulfide) groups is 1. The lowest BCUT2D eigenvalue weighted by Gasteiger charge is -2.29. The molecule has 1 aliphatic carbocycles. The highest BCUT2D eigenvalue weighted by molar-refractivity contribution is 7.99. The zero-order valence-corrected chi connectivity index (χ0v) is 14.4. The second kappa shape index (κ2) is 7.04. The summed E-state index contributed by atoms with van der Waals surface area (Å²) < 4.78 is 11.8. The molecule has 2 fully saturated rings. The lowest BCUT2D eigenvalue weighted by Crippen LogP contribution is -2.33. The van der Waals surface area contributed by atoms with Crippen LogP contribution >= 0.6 is 11.8 Å². The van der Waals surface area contributed by atoms with Crippen LogP contribution in [0.15, 0.2) is 18.2 Å². The maximum atomic E-state index is 12.0. The molecule has 0 amide bonds. The Kier molecular flexibility index (Phi) is 5.05. The number of benzene rings is 1. The van der Waals surface area contributed by atoms with Crippen LogP contribution in [0.1, 0.15) is 44.1 Å². The monoisotopic (exact) mass is 336 g/mol. The smallest absolute Gasteiger partial charge is 0.314 e. The first-order valence-corrected chi connectivity index (χ1v) is 9.48. The fourth-order valence-electron chi connectivity index (χ4n) is 3.75. The van der Waals surface area contributed by atoms with Gasteiger partial charge >= 0.3 is 5.97 Å². The summed E-state index contributed by atoms with van der Waals surface area (Å²) in [5.74, 6) is 2.78. The highest BCUT2D eigenvalue weighted by Crippen LogP contribution is 2.48. The van der Waals surface area contributed by atoms with Crippen LogP contribution in [0.3, 0.4) is 0 Å². The van der Waals surface area contributed by atoms with E-state index >= 15 is 0 Å². The number of para-hydroxylation sites is 1. The van der Waals surface area contributed by atoms with E-state index in [1.165, 1.54) is 0 Å². The van der Waals surface area contributed by atoms with Crippen LogP contribution in [-0.2, 0) is 10.2 Å². The van der Waals surface area contributed by atoms with Crippen molar-refractivity contribution in [2.24, 2.45) is 0 Å². The minimum Gasteiger partial charge on any atom is -0.493 e. The van der Waals surface area contributed by atoms with E-state index in [9.17, 15) is 9.90 Å². The highest BCUT2D eigenvalue weighted by Gasteiger charge is 2.45. The maximum Gasteiger partial charge on any atom is 0.314 e. The number of rotatable bonds is 5. The third kappa shape index (κ3) is 3.16. The van der Waals surface area contributed by atoms with Gasteiger partial charge in [0.05, 0.1) is 12.5 Å². The first-order chi connectivity index (χ1) is 11.2. The SMILES string of the molecule is COc1c(OC2CCSCC2)cccc1C1(C(=O)O)CCCC1. The first-order valence-electron chi connectivity index (χ1n) is 8.32. The predicted molar refractivity (Wildman–Crippen MR) is 91.8 cm³/mol. The average molecular weight is 336 g/mol. The molecule has 0 bridgehead atoms. The van der Waals surface area contributed by atoms with E-state index in [1.807, 2.05) is 30.0 Å². The van der Waals surface area contributed by atoms with E-state index in [4.69, 9.17) is 9.47 Å². The minimum absolute atomic E-state index is 0.199. The minimum atomic E-state index is -0.826. The van der Waals surface area contributed by atoms with Gasteiger partial charge in [-0.1, -0.05) is 25.0 Å². The average Bonchev–Trinajstić information content (AvgIpc) is 3.06. The van der Waals surface area contributed by atoms with Crippen molar-refractivity contribution in [3.05, 3.63) is 23.8 Å². The van der Waals surface area contributed by atoms with Crippen molar-refractivity contribution in [2.75, 3.05) is 18.6 Å². The standard InChI is InChI=1S/C18H24O4S/c1-21-16-14(18(17(19)20)9-2-3-10-18)5-4-6-15(16)22-13-7-11-23-12-8-13/h4-6,13H,2-3,7-12H2,1H3,(H,19,20). The van der Waals surface area contributed by atoms with E-state index in [0.717, 1.165) is 42.8 Å². The second-order valence-corrected chi connectivity index (χ2v) is 7.59. The van der Waals surface area contributed by atoms with Crippen LogP contribution in [0.25, 0.3) is 0 Å². The largest absolute Gasteiger partial charge is 0.493 e. The van der Waals surface area contributed by atoms with Crippen molar-refractivity contribution in [1.29, 1.82) is 0 Å². The van der Waals surface area contributed by atoms with Crippen molar-refractivity contribution >= 4 is 17.7 Å². The summed E-state index contributed by atoms with van der Waals surface area (Å²) in [6.07, 6.45) is 5.49. The molecule has 0 spiro atoms. The molecular weight excluding hydrogens is 312 g/mol. The van der Waals surface area contributed by atoms with Gasteiger partial charge in [0, 0.05) is 5.56 Å². The van der Waals surface area contributed by atoms with Gasteiger partial charge in [-0.3, -0.25) is 4.79 Å². The van der Waals surface area contributed by atoms with Gasteiger partial charge in [-0.05, 0) is 43.3 Å². The summed E-state index contributed by atoms with van der Waals surface area (Å²) in [6.45, 7) is 0. The van der Waals surface area contributed by atoms with E-state index in [2.05, 4.69) is 0 Å². The Morgan fingerprint density at radius 1 is 1.26 bits per heavy atom. The van der Waals surface area contributed by atoms with Crippen LogP contribution in [-0.4, -0.2) is 35.8 Å². The normalized spacial score (nSPS) is 21.1. The Balaban J connectivity index is 1.94. The molecule has 1 saturated heterocycles. The molecule has 5 heteroatoms. The molecule has 0 unspecified atom stereocenters. The number of hydrogen-bond acceptors (Lipinski definition) is 4. The van der Waals surface area contributed by atoms with Crippen molar-refractivity contribution in [3.8, 4) is 11.5 Å². The number of aliphatic carboxylic acids is 1. The van der Waals surface area contributed by atoms with Crippen LogP contribution in [0.5, 0.6) is 11.5 Å². The molecule has 2 aliphatic rings. The molecule has 4 nitrogen and oxygen atoms in total. The van der Waals surface area contributed by atoms with Gasteiger partial charge in [-0.25, -0.2) is 0 Å². The topological polar surface area (TPSA) is 55.8 Å². The van der Waals surface area contributed by atoms with Crippen molar-refractivity contribution in [1.82, 2.24) is 0 Å². The quantitative estimate of drug-likeness (QED) is 0.885. The van der Waals surface area contributed by atoms with Crippen LogP contribution < -0.4 is 9.47 Å². The molecule has 23 heavy (non-hydrogen) atoms. The van der Waals surface area contributed by atoms with Gasteiger partial charge in [0.25, 0.3) is 0 Å². The van der Waals surface area contributed by atoms with Gasteiger partial charge < -0.3 is 14.6 Å². The molecule has 1 aromatic rings. The summed E-state index contributed by atoms with van der Waals surface area (Å²) in [5.41, 5.74) is -0.0553. The van der Waals surface area contributed by atoms with Gasteiger partial charge in [0.2, 0.25) is 0 Å². The maximum absolute atomic E-state index is 12.0. The third-order valence-corrected chi connectivity index (χ3v) is 6.08. The van der Waals surface area contributed by atoms with Crippen LogP contribution in [0, 0.1) is 0 Å². The fourth-order valence-corrected chi connectivity index (χ4v) is 4.81. The van der Waals surface area contributed by atoms with Gasteiger partial charge in [0.1, 0.15) is 6.10 Å². The summed E-state index contributed by atoms with van der Waals surface area (Å²) in [7, 11) is 1.60. The van der Waals surface area contributed by atoms with Crippen molar-refractivity contribution in [2.45, 2.75) is 50.0 Å². The molecule has 1 saturated carbocycles. The summed E-state index contributed by atoms with van der Waals surface area (Å²) in [4.78, 5) is 12.0. The molecule has 3 rings (SSSR count). The number of carboxylic acids is 1.